The zero-order valence-corrected chi connectivity index (χ0v) is 44.5. The molecule has 0 aromatic heterocycles. The number of aliphatic hydroxyl groups is 2. The smallest absolute Gasteiger partial charge is 0.316 e. The van der Waals surface area contributed by atoms with Crippen LogP contribution in [0.3, 0.4) is 0 Å². The quantitative estimate of drug-likeness (QED) is 0.0770. The Bertz CT molecular complexity index is 1920. The second-order valence-corrected chi connectivity index (χ2v) is 21.3. The van der Waals surface area contributed by atoms with Gasteiger partial charge in [-0.25, -0.2) is 0 Å². The molecule has 7 aliphatic rings. The minimum absolute atomic E-state index is 0.0323. The van der Waals surface area contributed by atoms with E-state index in [4.69, 9.17) is 61.6 Å². The number of rotatable bonds is 16. The maximum absolute atomic E-state index is 14.8. The lowest BCUT2D eigenvalue weighted by Crippen LogP contribution is -2.59. The zero-order valence-electron chi connectivity index (χ0n) is 44.5. The molecule has 18 heteroatoms. The molecule has 72 heavy (non-hydrogen) atoms. The van der Waals surface area contributed by atoms with E-state index >= 15 is 0 Å². The first kappa shape index (κ1) is 57.1. The number of methoxy groups -OCH3 is 3. The molecule has 2 bridgehead atoms. The average Bonchev–Trinajstić information content (AvgIpc) is 3.69. The van der Waals surface area contributed by atoms with Crippen molar-refractivity contribution in [1.29, 1.82) is 0 Å². The zero-order chi connectivity index (χ0) is 51.9. The highest BCUT2D eigenvalue weighted by Gasteiger charge is 2.61. The maximum Gasteiger partial charge on any atom is 0.316 e. The van der Waals surface area contributed by atoms with Crippen LogP contribution >= 0.6 is 0 Å². The van der Waals surface area contributed by atoms with Gasteiger partial charge in [-0.05, 0) is 62.2 Å². The lowest BCUT2D eigenvalue weighted by atomic mass is 9.70. The molecule has 5 saturated heterocycles. The number of carbonyl (C=O) groups is 2. The van der Waals surface area contributed by atoms with Crippen LogP contribution < -0.4 is 5.32 Å². The van der Waals surface area contributed by atoms with E-state index < -0.39 is 78.6 Å². The van der Waals surface area contributed by atoms with Gasteiger partial charge in [0.25, 0.3) is 0 Å². The van der Waals surface area contributed by atoms with Crippen molar-refractivity contribution in [3.05, 3.63) is 47.1 Å². The summed E-state index contributed by atoms with van der Waals surface area (Å²) in [4.78, 5) is 26.7. The topological polar surface area (TPSA) is 207 Å². The molecule has 18 nitrogen and oxygen atoms in total. The third kappa shape index (κ3) is 13.1. The van der Waals surface area contributed by atoms with Crippen LogP contribution in [-0.2, 0) is 71.2 Å². The van der Waals surface area contributed by atoms with Gasteiger partial charge in [0.1, 0.15) is 42.7 Å². The summed E-state index contributed by atoms with van der Waals surface area (Å²) in [5.41, 5.74) is -0.183. The molecule has 7 rings (SSSR count). The summed E-state index contributed by atoms with van der Waals surface area (Å²) in [6, 6.07) is -0.323. The summed E-state index contributed by atoms with van der Waals surface area (Å²) >= 11 is 0. The summed E-state index contributed by atoms with van der Waals surface area (Å²) in [5.74, 6) is -2.65. The van der Waals surface area contributed by atoms with Crippen LogP contribution in [0, 0.1) is 23.7 Å². The largest absolute Gasteiger partial charge is 0.462 e. The number of allylic oxidation sites excluding steroid dienone is 2. The fourth-order valence-corrected chi connectivity index (χ4v) is 11.9. The molecule has 0 radical (unpaired) electrons. The maximum atomic E-state index is 14.8. The lowest BCUT2D eigenvalue weighted by Gasteiger charge is -2.51. The van der Waals surface area contributed by atoms with Crippen LogP contribution in [-0.4, -0.2) is 174 Å². The molecule has 1 amide bonds. The Balaban J connectivity index is 1.17. The molecule has 6 aliphatic heterocycles. The van der Waals surface area contributed by atoms with Gasteiger partial charge in [0.05, 0.1) is 75.2 Å². The van der Waals surface area contributed by atoms with Gasteiger partial charge < -0.3 is 77.1 Å². The molecular weight excluding hydrogens is 935 g/mol. The standard InChI is InChI=1S/C54H85NO17/c1-12-30(2)49-33(5)18-19-53(72-49)26-40-23-39(71-53)17-16-32(4)48(69-45-25-43(62-11)50(35(7)67-45)70-44-24-42(61-10)46(34(6)66-44)55-36(8)56)31(3)14-13-15-38-28-65-51-47(57)37(27-64-29-63-21-20-60-9)22-41(52(58)68-40)54(38,51)59/h13-16,22,30-31,33-35,39-51,57,59H,12,17-21,23-29H2,1-11H3,(H,55,56)/b14-13+,32-16+,38-15+/t30-,31-,33-,34-,35-,39+,40-,41-,42-,43-,44-,45-,46+,47+,48-,49+,50-,51+,53+,54+/m0/s1. The Morgan fingerprint density at radius 3 is 2.42 bits per heavy atom. The fourth-order valence-electron chi connectivity index (χ4n) is 11.9. The molecule has 6 heterocycles. The Morgan fingerprint density at radius 1 is 0.958 bits per heavy atom. The van der Waals surface area contributed by atoms with Crippen molar-refractivity contribution in [2.45, 2.75) is 204 Å². The molecule has 0 saturated carbocycles. The molecule has 0 unspecified atom stereocenters. The normalized spacial score (nSPS) is 44.1. The second kappa shape index (κ2) is 25.5. The third-order valence-electron chi connectivity index (χ3n) is 16.1. The van der Waals surface area contributed by atoms with E-state index in [2.05, 4.69) is 39.1 Å². The van der Waals surface area contributed by atoms with Crippen LogP contribution in [0.1, 0.15) is 107 Å². The van der Waals surface area contributed by atoms with Gasteiger partial charge in [0.2, 0.25) is 5.91 Å². The average molecular weight is 1020 g/mol. The number of nitrogens with one attached hydrogen (secondary N) is 1. The minimum Gasteiger partial charge on any atom is -0.462 e. The van der Waals surface area contributed by atoms with Crippen molar-refractivity contribution < 1.29 is 81.4 Å². The number of carbonyl (C=O) groups excluding carboxylic acids is 2. The van der Waals surface area contributed by atoms with Crippen molar-refractivity contribution in [2.24, 2.45) is 23.7 Å². The van der Waals surface area contributed by atoms with E-state index in [0.717, 1.165) is 18.4 Å². The molecule has 5 fully saturated rings. The lowest BCUT2D eigenvalue weighted by molar-refractivity contribution is -0.340. The van der Waals surface area contributed by atoms with Crippen LogP contribution in [0.4, 0.5) is 0 Å². The Kier molecular flexibility index (Phi) is 20.2. The summed E-state index contributed by atoms with van der Waals surface area (Å²) in [6.45, 7) is 16.6. The Hall–Kier alpha value is -2.66. The second-order valence-electron chi connectivity index (χ2n) is 21.3. The number of hydrogen-bond acceptors (Lipinski definition) is 17. The highest BCUT2D eigenvalue weighted by molar-refractivity contribution is 5.78. The number of hydrogen-bond donors (Lipinski definition) is 3. The van der Waals surface area contributed by atoms with Gasteiger partial charge in [-0.2, -0.15) is 0 Å². The highest BCUT2D eigenvalue weighted by atomic mass is 16.7. The van der Waals surface area contributed by atoms with Crippen LogP contribution in [0.2, 0.25) is 0 Å². The highest BCUT2D eigenvalue weighted by Crippen LogP contribution is 2.48. The molecule has 0 aromatic rings. The van der Waals surface area contributed by atoms with E-state index in [1.54, 1.807) is 33.5 Å². The Morgan fingerprint density at radius 2 is 1.69 bits per heavy atom. The summed E-state index contributed by atoms with van der Waals surface area (Å²) in [6.07, 6.45) is 6.44. The van der Waals surface area contributed by atoms with E-state index in [0.29, 0.717) is 68.8 Å². The van der Waals surface area contributed by atoms with Crippen LogP contribution in [0.25, 0.3) is 0 Å². The van der Waals surface area contributed by atoms with Gasteiger partial charge in [0, 0.05) is 66.3 Å². The summed E-state index contributed by atoms with van der Waals surface area (Å²) in [5, 5.41) is 27.5. The molecule has 1 aliphatic carbocycles. The minimum atomic E-state index is -1.94. The SMILES string of the molecule is CC[C@H](C)[C@H]1O[C@]2(CC[C@@H]1C)C[C@@H]1C[C@@H](C/C=C(\C)[C@@H](O[C@H]3C[C@H](OC)[C@@H](O[C@H]4C[C@H](OC)[C@H](NC(C)=O)[C@H](C)O4)[C@H](C)O3)[C@@H](C)/C=C/C=C3\CO[C@@H]4[C@H](O)C(COCOCCOC)=C[C@@H](C(=O)O1)[C@]34O)O2. The predicted octanol–water partition coefficient (Wildman–Crippen LogP) is 5.36. The van der Waals surface area contributed by atoms with Crippen molar-refractivity contribution >= 4 is 11.9 Å². The molecule has 1 spiro atoms. The van der Waals surface area contributed by atoms with Crippen molar-refractivity contribution in [1.82, 2.24) is 5.32 Å². The van der Waals surface area contributed by atoms with Gasteiger partial charge in [0.15, 0.2) is 18.4 Å². The van der Waals surface area contributed by atoms with Gasteiger partial charge >= 0.3 is 5.97 Å². The van der Waals surface area contributed by atoms with Crippen molar-refractivity contribution in [3.8, 4) is 0 Å². The molecular formula is C54H85NO17. The fraction of sp³-hybridized carbons (Fsp3) is 0.815. The van der Waals surface area contributed by atoms with E-state index in [1.165, 1.54) is 6.92 Å². The van der Waals surface area contributed by atoms with Gasteiger partial charge in [-0.3, -0.25) is 9.59 Å². The van der Waals surface area contributed by atoms with Crippen molar-refractivity contribution in [3.63, 3.8) is 0 Å². The van der Waals surface area contributed by atoms with Gasteiger partial charge in [-0.15, -0.1) is 0 Å². The predicted molar refractivity (Wildman–Crippen MR) is 262 cm³/mol. The Labute approximate surface area is 426 Å². The third-order valence-corrected chi connectivity index (χ3v) is 16.1. The van der Waals surface area contributed by atoms with Crippen molar-refractivity contribution in [2.75, 3.05) is 54.5 Å². The van der Waals surface area contributed by atoms with E-state index in [1.807, 2.05) is 32.9 Å². The number of amides is 1. The molecule has 408 valence electrons. The first-order valence-corrected chi connectivity index (χ1v) is 26.4. The summed E-state index contributed by atoms with van der Waals surface area (Å²) in [7, 11) is 4.85. The van der Waals surface area contributed by atoms with Gasteiger partial charge in [-0.1, -0.05) is 64.5 Å². The number of esters is 1. The first-order valence-electron chi connectivity index (χ1n) is 26.4. The number of fused-ring (bicyclic) bond motifs is 2. The first-order chi connectivity index (χ1) is 34.4. The molecule has 20 atom stereocenters. The summed E-state index contributed by atoms with van der Waals surface area (Å²) < 4.78 is 81.4. The monoisotopic (exact) mass is 1020 g/mol. The molecule has 3 N–H and O–H groups in total. The van der Waals surface area contributed by atoms with E-state index in [-0.39, 0.29) is 68.2 Å². The van der Waals surface area contributed by atoms with Crippen LogP contribution in [0.5, 0.6) is 0 Å². The number of ether oxygens (including phenoxy) is 13. The number of aliphatic hydroxyl groups excluding tert-OH is 1. The van der Waals surface area contributed by atoms with E-state index in [9.17, 15) is 19.8 Å². The molecule has 0 aromatic carbocycles. The van der Waals surface area contributed by atoms with Crippen LogP contribution in [0.15, 0.2) is 47.1 Å².